The predicted octanol–water partition coefficient (Wildman–Crippen LogP) is 2.70. The second-order valence-electron chi connectivity index (χ2n) is 4.55. The Labute approximate surface area is 123 Å². The summed E-state index contributed by atoms with van der Waals surface area (Å²) >= 11 is 5.91. The lowest BCUT2D eigenvalue weighted by atomic mass is 9.98. The van der Waals surface area contributed by atoms with Crippen molar-refractivity contribution in [3.63, 3.8) is 0 Å². The Morgan fingerprint density at radius 3 is 2.55 bits per heavy atom. The lowest BCUT2D eigenvalue weighted by Gasteiger charge is -2.15. The molecule has 1 amide bonds. The van der Waals surface area contributed by atoms with E-state index in [2.05, 4.69) is 5.32 Å². The van der Waals surface area contributed by atoms with Crippen LogP contribution in [0.2, 0.25) is 5.02 Å². The molecule has 0 fully saturated rings. The first-order valence-electron chi connectivity index (χ1n) is 6.48. The molecule has 0 aliphatic rings. The van der Waals surface area contributed by atoms with Gasteiger partial charge in [-0.05, 0) is 23.3 Å². The summed E-state index contributed by atoms with van der Waals surface area (Å²) in [5.41, 5.74) is 7.61. The van der Waals surface area contributed by atoms with Crippen LogP contribution in [0.25, 0.3) is 0 Å². The van der Waals surface area contributed by atoms with Gasteiger partial charge in [0.25, 0.3) is 0 Å². The molecule has 0 radical (unpaired) electrons. The summed E-state index contributed by atoms with van der Waals surface area (Å²) in [4.78, 5) is 12.2. The fourth-order valence-corrected chi connectivity index (χ4v) is 2.25. The van der Waals surface area contributed by atoms with E-state index >= 15 is 0 Å². The quantitative estimate of drug-likeness (QED) is 0.889. The maximum absolute atomic E-state index is 12.2. The van der Waals surface area contributed by atoms with Crippen molar-refractivity contribution < 1.29 is 4.79 Å². The van der Waals surface area contributed by atoms with Crippen molar-refractivity contribution in [2.24, 2.45) is 5.73 Å². The minimum atomic E-state index is -0.324. The van der Waals surface area contributed by atoms with E-state index in [1.54, 1.807) is 6.07 Å². The Morgan fingerprint density at radius 2 is 1.90 bits per heavy atom. The molecule has 4 heteroatoms. The molecule has 2 rings (SSSR count). The minimum absolute atomic E-state index is 0.0707. The van der Waals surface area contributed by atoms with Crippen LogP contribution in [0.5, 0.6) is 0 Å². The zero-order valence-corrected chi connectivity index (χ0v) is 11.8. The number of hydrogen-bond donors (Lipinski definition) is 2. The summed E-state index contributed by atoms with van der Waals surface area (Å²) in [6.07, 6.45) is 0. The molecule has 3 N–H and O–H groups in total. The second-order valence-corrected chi connectivity index (χ2v) is 4.98. The van der Waals surface area contributed by atoms with Crippen molar-refractivity contribution in [3.8, 4) is 0 Å². The maximum Gasteiger partial charge on any atom is 0.229 e. The first-order chi connectivity index (χ1) is 9.70. The number of carbonyl (C=O) groups is 1. The number of rotatable bonds is 5. The fourth-order valence-electron chi connectivity index (χ4n) is 2.04. The summed E-state index contributed by atoms with van der Waals surface area (Å²) in [6.45, 7) is 0.730. The lowest BCUT2D eigenvalue weighted by molar-refractivity contribution is -0.122. The van der Waals surface area contributed by atoms with Gasteiger partial charge in [0.1, 0.15) is 0 Å². The van der Waals surface area contributed by atoms with Gasteiger partial charge in [0.15, 0.2) is 0 Å². The van der Waals surface area contributed by atoms with Crippen LogP contribution in [0, 0.1) is 0 Å². The van der Waals surface area contributed by atoms with E-state index in [4.69, 9.17) is 17.3 Å². The molecular weight excluding hydrogens is 272 g/mol. The SMILES string of the molecule is NCC(C(=O)NCc1cccc(Cl)c1)c1ccccc1. The Bertz CT molecular complexity index is 572. The fraction of sp³-hybridized carbons (Fsp3) is 0.188. The average Bonchev–Trinajstić information content (AvgIpc) is 2.47. The lowest BCUT2D eigenvalue weighted by Crippen LogP contribution is -2.33. The van der Waals surface area contributed by atoms with Gasteiger partial charge in [0.05, 0.1) is 5.92 Å². The number of nitrogens with one attached hydrogen (secondary N) is 1. The zero-order valence-electron chi connectivity index (χ0n) is 11.1. The Balaban J connectivity index is 2.00. The van der Waals surface area contributed by atoms with Crippen LogP contribution in [0.15, 0.2) is 54.6 Å². The molecule has 0 saturated carbocycles. The van der Waals surface area contributed by atoms with E-state index in [9.17, 15) is 4.79 Å². The van der Waals surface area contributed by atoms with Crippen LogP contribution in [-0.2, 0) is 11.3 Å². The van der Waals surface area contributed by atoms with E-state index < -0.39 is 0 Å². The van der Waals surface area contributed by atoms with Gasteiger partial charge in [-0.25, -0.2) is 0 Å². The molecular formula is C16H17ClN2O. The smallest absolute Gasteiger partial charge is 0.229 e. The molecule has 0 spiro atoms. The predicted molar refractivity (Wildman–Crippen MR) is 81.5 cm³/mol. The molecule has 0 aliphatic heterocycles. The molecule has 0 aliphatic carbocycles. The normalized spacial score (nSPS) is 11.9. The van der Waals surface area contributed by atoms with E-state index in [-0.39, 0.29) is 18.4 Å². The summed E-state index contributed by atoms with van der Waals surface area (Å²) < 4.78 is 0. The van der Waals surface area contributed by atoms with Crippen molar-refractivity contribution in [2.75, 3.05) is 6.54 Å². The first-order valence-corrected chi connectivity index (χ1v) is 6.85. The van der Waals surface area contributed by atoms with E-state index in [1.807, 2.05) is 48.5 Å². The molecule has 2 aromatic rings. The van der Waals surface area contributed by atoms with Crippen molar-refractivity contribution in [1.82, 2.24) is 5.32 Å². The van der Waals surface area contributed by atoms with Crippen molar-refractivity contribution in [3.05, 3.63) is 70.7 Å². The summed E-state index contributed by atoms with van der Waals surface area (Å²) in [7, 11) is 0. The van der Waals surface area contributed by atoms with Gasteiger partial charge in [-0.15, -0.1) is 0 Å². The van der Waals surface area contributed by atoms with Gasteiger partial charge in [0.2, 0.25) is 5.91 Å². The first kappa shape index (κ1) is 14.6. The summed E-state index contributed by atoms with van der Waals surface area (Å²) in [6, 6.07) is 17.0. The monoisotopic (exact) mass is 288 g/mol. The minimum Gasteiger partial charge on any atom is -0.351 e. The van der Waals surface area contributed by atoms with Crippen LogP contribution in [0.4, 0.5) is 0 Å². The second kappa shape index (κ2) is 7.08. The molecule has 0 saturated heterocycles. The third-order valence-electron chi connectivity index (χ3n) is 3.11. The number of hydrogen-bond acceptors (Lipinski definition) is 2. The third kappa shape index (κ3) is 3.83. The van der Waals surface area contributed by atoms with Crippen molar-refractivity contribution in [2.45, 2.75) is 12.5 Å². The molecule has 0 aromatic heterocycles. The van der Waals surface area contributed by atoms with Gasteiger partial charge in [-0.2, -0.15) is 0 Å². The summed E-state index contributed by atoms with van der Waals surface area (Å²) in [5, 5.41) is 3.56. The van der Waals surface area contributed by atoms with Crippen LogP contribution >= 0.6 is 11.6 Å². The standard InChI is InChI=1S/C16H17ClN2O/c17-14-8-4-5-12(9-14)11-19-16(20)15(10-18)13-6-2-1-3-7-13/h1-9,15H,10-11,18H2,(H,19,20). The average molecular weight is 289 g/mol. The van der Waals surface area contributed by atoms with Crippen LogP contribution in [0.3, 0.4) is 0 Å². The third-order valence-corrected chi connectivity index (χ3v) is 3.35. The van der Waals surface area contributed by atoms with Gasteiger partial charge in [-0.3, -0.25) is 4.79 Å². The molecule has 1 unspecified atom stereocenters. The highest BCUT2D eigenvalue weighted by Crippen LogP contribution is 2.15. The largest absolute Gasteiger partial charge is 0.351 e. The molecule has 3 nitrogen and oxygen atoms in total. The Kier molecular flexibility index (Phi) is 5.16. The van der Waals surface area contributed by atoms with Crippen LogP contribution in [0.1, 0.15) is 17.0 Å². The number of nitrogens with two attached hydrogens (primary N) is 1. The molecule has 0 heterocycles. The molecule has 0 bridgehead atoms. The number of halogens is 1. The van der Waals surface area contributed by atoms with Crippen LogP contribution < -0.4 is 11.1 Å². The molecule has 2 aromatic carbocycles. The maximum atomic E-state index is 12.2. The van der Waals surface area contributed by atoms with Gasteiger partial charge >= 0.3 is 0 Å². The van der Waals surface area contributed by atoms with E-state index in [1.165, 1.54) is 0 Å². The topological polar surface area (TPSA) is 55.1 Å². The van der Waals surface area contributed by atoms with E-state index in [0.29, 0.717) is 11.6 Å². The number of carbonyl (C=O) groups excluding carboxylic acids is 1. The highest BCUT2D eigenvalue weighted by molar-refractivity contribution is 6.30. The van der Waals surface area contributed by atoms with Crippen molar-refractivity contribution >= 4 is 17.5 Å². The molecule has 104 valence electrons. The highest BCUT2D eigenvalue weighted by Gasteiger charge is 2.18. The number of benzene rings is 2. The molecule has 20 heavy (non-hydrogen) atoms. The van der Waals surface area contributed by atoms with E-state index in [0.717, 1.165) is 11.1 Å². The summed E-state index contributed by atoms with van der Waals surface area (Å²) in [5.74, 6) is -0.394. The highest BCUT2D eigenvalue weighted by atomic mass is 35.5. The Morgan fingerprint density at radius 1 is 1.15 bits per heavy atom. The van der Waals surface area contributed by atoms with Gasteiger partial charge in [-0.1, -0.05) is 54.1 Å². The zero-order chi connectivity index (χ0) is 14.4. The van der Waals surface area contributed by atoms with Crippen LogP contribution in [-0.4, -0.2) is 12.5 Å². The molecule has 1 atom stereocenters. The van der Waals surface area contributed by atoms with Gasteiger partial charge in [0, 0.05) is 18.1 Å². The van der Waals surface area contributed by atoms with Crippen molar-refractivity contribution in [1.29, 1.82) is 0 Å². The van der Waals surface area contributed by atoms with Gasteiger partial charge < -0.3 is 11.1 Å². The number of amides is 1. The Hall–Kier alpha value is -1.84.